The van der Waals surface area contributed by atoms with Crippen LogP contribution in [0.15, 0.2) is 29.3 Å². The zero-order valence-corrected chi connectivity index (χ0v) is 7.42. The molecule has 0 aliphatic heterocycles. The van der Waals surface area contributed by atoms with Crippen LogP contribution in [0.4, 0.5) is 4.39 Å². The van der Waals surface area contributed by atoms with E-state index in [1.165, 1.54) is 6.07 Å². The van der Waals surface area contributed by atoms with E-state index in [0.717, 1.165) is 0 Å². The van der Waals surface area contributed by atoms with Crippen molar-refractivity contribution in [3.8, 4) is 0 Å². The summed E-state index contributed by atoms with van der Waals surface area (Å²) in [4.78, 5) is 3.86. The molecule has 3 nitrogen and oxygen atoms in total. The first-order chi connectivity index (χ1) is 6.27. The Bertz CT molecular complexity index is 309. The molecule has 3 N–H and O–H groups in total. The molecule has 0 bridgehead atoms. The van der Waals surface area contributed by atoms with E-state index in [1.807, 2.05) is 0 Å². The standard InChI is InChI=1S/C9H12FN3/c1-12-9(13-11)6-7-4-2-3-5-8(7)10/h2-5H,6,11H2,1H3,(H,12,13). The Morgan fingerprint density at radius 3 is 2.77 bits per heavy atom. The van der Waals surface area contributed by atoms with Crippen LogP contribution in [0.3, 0.4) is 0 Å². The van der Waals surface area contributed by atoms with Gasteiger partial charge in [0.15, 0.2) is 0 Å². The first kappa shape index (κ1) is 9.67. The Morgan fingerprint density at radius 2 is 2.23 bits per heavy atom. The number of halogens is 1. The summed E-state index contributed by atoms with van der Waals surface area (Å²) in [5, 5.41) is 0. The van der Waals surface area contributed by atoms with Crippen molar-refractivity contribution in [3.05, 3.63) is 35.6 Å². The van der Waals surface area contributed by atoms with E-state index in [0.29, 0.717) is 17.8 Å². The van der Waals surface area contributed by atoms with Crippen molar-refractivity contribution in [2.45, 2.75) is 6.42 Å². The number of hydrazine groups is 1. The number of benzene rings is 1. The summed E-state index contributed by atoms with van der Waals surface area (Å²) in [6, 6.07) is 6.55. The highest BCUT2D eigenvalue weighted by Gasteiger charge is 2.03. The lowest BCUT2D eigenvalue weighted by Gasteiger charge is -2.04. The van der Waals surface area contributed by atoms with Gasteiger partial charge < -0.3 is 5.43 Å². The number of hydrogen-bond acceptors (Lipinski definition) is 2. The molecule has 0 atom stereocenters. The van der Waals surface area contributed by atoms with E-state index in [1.54, 1.807) is 25.2 Å². The van der Waals surface area contributed by atoms with Gasteiger partial charge in [-0.2, -0.15) is 0 Å². The van der Waals surface area contributed by atoms with E-state index in [2.05, 4.69) is 10.4 Å². The molecule has 1 aromatic rings. The van der Waals surface area contributed by atoms with Crippen molar-refractivity contribution in [2.24, 2.45) is 10.8 Å². The predicted molar refractivity (Wildman–Crippen MR) is 50.8 cm³/mol. The summed E-state index contributed by atoms with van der Waals surface area (Å²) in [6.07, 6.45) is 0.389. The molecule has 0 saturated heterocycles. The van der Waals surface area contributed by atoms with E-state index in [4.69, 9.17) is 5.84 Å². The summed E-state index contributed by atoms with van der Waals surface area (Å²) >= 11 is 0. The highest BCUT2D eigenvalue weighted by atomic mass is 19.1. The van der Waals surface area contributed by atoms with Crippen LogP contribution in [0.2, 0.25) is 0 Å². The van der Waals surface area contributed by atoms with Gasteiger partial charge in [-0.05, 0) is 11.6 Å². The van der Waals surface area contributed by atoms with Gasteiger partial charge in [-0.25, -0.2) is 10.2 Å². The van der Waals surface area contributed by atoms with Crippen LogP contribution in [-0.2, 0) is 6.42 Å². The van der Waals surface area contributed by atoms with Crippen LogP contribution >= 0.6 is 0 Å². The maximum atomic E-state index is 13.1. The molecule has 0 aliphatic carbocycles. The number of amidine groups is 1. The van der Waals surface area contributed by atoms with Crippen molar-refractivity contribution in [1.82, 2.24) is 5.43 Å². The van der Waals surface area contributed by atoms with Crippen molar-refractivity contribution < 1.29 is 4.39 Å². The topological polar surface area (TPSA) is 50.4 Å². The molecule has 0 unspecified atom stereocenters. The Balaban J connectivity index is 2.80. The van der Waals surface area contributed by atoms with Gasteiger partial charge >= 0.3 is 0 Å². The highest BCUT2D eigenvalue weighted by molar-refractivity contribution is 5.83. The summed E-state index contributed by atoms with van der Waals surface area (Å²) in [5.74, 6) is 5.50. The third-order valence-electron chi connectivity index (χ3n) is 1.75. The van der Waals surface area contributed by atoms with Gasteiger partial charge in [0.05, 0.1) is 0 Å². The third-order valence-corrected chi connectivity index (χ3v) is 1.75. The minimum Gasteiger partial charge on any atom is -0.312 e. The molecule has 0 radical (unpaired) electrons. The van der Waals surface area contributed by atoms with E-state index in [9.17, 15) is 4.39 Å². The van der Waals surface area contributed by atoms with E-state index >= 15 is 0 Å². The number of nitrogens with zero attached hydrogens (tertiary/aromatic N) is 1. The molecule has 0 heterocycles. The molecule has 4 heteroatoms. The molecule has 0 fully saturated rings. The van der Waals surface area contributed by atoms with Crippen LogP contribution in [-0.4, -0.2) is 12.9 Å². The lowest BCUT2D eigenvalue weighted by atomic mass is 10.1. The quantitative estimate of drug-likeness (QED) is 0.308. The molecular formula is C9H12FN3. The molecule has 0 aliphatic rings. The van der Waals surface area contributed by atoms with Gasteiger partial charge in [0, 0.05) is 13.5 Å². The SMILES string of the molecule is CN=C(Cc1ccccc1F)NN. The van der Waals surface area contributed by atoms with Crippen molar-refractivity contribution >= 4 is 5.84 Å². The summed E-state index contributed by atoms with van der Waals surface area (Å²) in [6.45, 7) is 0. The average Bonchev–Trinajstić information content (AvgIpc) is 2.17. The molecule has 1 aromatic carbocycles. The van der Waals surface area contributed by atoms with Crippen molar-refractivity contribution in [3.63, 3.8) is 0 Å². The van der Waals surface area contributed by atoms with Crippen LogP contribution in [0.1, 0.15) is 5.56 Å². The monoisotopic (exact) mass is 181 g/mol. The summed E-state index contributed by atoms with van der Waals surface area (Å²) in [7, 11) is 1.61. The lowest BCUT2D eigenvalue weighted by molar-refractivity contribution is 0.615. The Hall–Kier alpha value is -1.42. The predicted octanol–water partition coefficient (Wildman–Crippen LogP) is 0.860. The van der Waals surface area contributed by atoms with Crippen molar-refractivity contribution in [1.29, 1.82) is 0 Å². The first-order valence-corrected chi connectivity index (χ1v) is 3.93. The normalized spacial score (nSPS) is 11.5. The zero-order valence-electron chi connectivity index (χ0n) is 7.42. The second-order valence-corrected chi connectivity index (χ2v) is 2.58. The fourth-order valence-corrected chi connectivity index (χ4v) is 1.02. The van der Waals surface area contributed by atoms with Crippen LogP contribution in [0.25, 0.3) is 0 Å². The number of hydrogen-bond donors (Lipinski definition) is 2. The molecule has 13 heavy (non-hydrogen) atoms. The van der Waals surface area contributed by atoms with Gasteiger partial charge in [0.2, 0.25) is 0 Å². The van der Waals surface area contributed by atoms with Gasteiger partial charge in [-0.3, -0.25) is 4.99 Å². The zero-order chi connectivity index (χ0) is 9.68. The van der Waals surface area contributed by atoms with Crippen LogP contribution < -0.4 is 11.3 Å². The van der Waals surface area contributed by atoms with Gasteiger partial charge in [0.1, 0.15) is 11.7 Å². The molecule has 0 aromatic heterocycles. The summed E-state index contributed by atoms with van der Waals surface area (Å²) < 4.78 is 13.1. The summed E-state index contributed by atoms with van der Waals surface area (Å²) in [5.41, 5.74) is 3.00. The molecule has 70 valence electrons. The number of aliphatic imine (C=N–C) groups is 1. The molecule has 0 saturated carbocycles. The molecule has 1 rings (SSSR count). The van der Waals surface area contributed by atoms with E-state index < -0.39 is 0 Å². The second-order valence-electron chi connectivity index (χ2n) is 2.58. The van der Waals surface area contributed by atoms with Crippen LogP contribution in [0.5, 0.6) is 0 Å². The minimum absolute atomic E-state index is 0.237. The van der Waals surface area contributed by atoms with E-state index in [-0.39, 0.29) is 5.82 Å². The van der Waals surface area contributed by atoms with Crippen molar-refractivity contribution in [2.75, 3.05) is 7.05 Å². The largest absolute Gasteiger partial charge is 0.312 e. The van der Waals surface area contributed by atoms with Crippen LogP contribution in [0, 0.1) is 5.82 Å². The third kappa shape index (κ3) is 2.52. The second kappa shape index (κ2) is 4.57. The molecule has 0 spiro atoms. The maximum Gasteiger partial charge on any atom is 0.126 e. The number of nitrogens with one attached hydrogen (secondary N) is 1. The Kier molecular flexibility index (Phi) is 3.40. The average molecular weight is 181 g/mol. The highest BCUT2D eigenvalue weighted by Crippen LogP contribution is 2.06. The Morgan fingerprint density at radius 1 is 1.54 bits per heavy atom. The minimum atomic E-state index is -0.237. The first-order valence-electron chi connectivity index (χ1n) is 3.93. The fraction of sp³-hybridized carbons (Fsp3) is 0.222. The fourth-order valence-electron chi connectivity index (χ4n) is 1.02. The van der Waals surface area contributed by atoms with Gasteiger partial charge in [-0.1, -0.05) is 18.2 Å². The van der Waals surface area contributed by atoms with Gasteiger partial charge in [-0.15, -0.1) is 0 Å². The number of rotatable bonds is 2. The maximum absolute atomic E-state index is 13.1. The van der Waals surface area contributed by atoms with Gasteiger partial charge in [0.25, 0.3) is 0 Å². The molecular weight excluding hydrogens is 169 g/mol. The lowest BCUT2D eigenvalue weighted by Crippen LogP contribution is -2.32. The smallest absolute Gasteiger partial charge is 0.126 e. The molecule has 0 amide bonds. The number of nitrogens with two attached hydrogens (primary N) is 1. The Labute approximate surface area is 76.4 Å².